The van der Waals surface area contributed by atoms with Crippen LogP contribution in [-0.4, -0.2) is 36.2 Å². The maximum Gasteiger partial charge on any atom is 0.270 e. The van der Waals surface area contributed by atoms with Crippen molar-refractivity contribution < 1.29 is 4.92 Å². The molecule has 0 radical (unpaired) electrons. The molecule has 2 aromatic heterocycles. The van der Waals surface area contributed by atoms with Crippen LogP contribution in [0.15, 0.2) is 29.4 Å². The maximum absolute atomic E-state index is 10.9. The van der Waals surface area contributed by atoms with Crippen molar-refractivity contribution in [3.05, 3.63) is 55.4 Å². The molecule has 0 atom stereocenters. The summed E-state index contributed by atoms with van der Waals surface area (Å²) in [6, 6.07) is 5.87. The summed E-state index contributed by atoms with van der Waals surface area (Å²) < 4.78 is 1.61. The first kappa shape index (κ1) is 16.0. The predicted molar refractivity (Wildman–Crippen MR) is 90.8 cm³/mol. The number of halogens is 1. The Morgan fingerprint density at radius 1 is 1.38 bits per heavy atom. The summed E-state index contributed by atoms with van der Waals surface area (Å²) >= 11 is 11.2. The summed E-state index contributed by atoms with van der Waals surface area (Å²) in [5.74, 6) is 0.405. The van der Waals surface area contributed by atoms with Gasteiger partial charge >= 0.3 is 0 Å². The number of benzene rings is 1. The number of aryl methyl sites for hydroxylation is 1. The lowest BCUT2D eigenvalue weighted by atomic mass is 10.2. The first-order valence-electron chi connectivity index (χ1n) is 6.64. The van der Waals surface area contributed by atoms with E-state index in [9.17, 15) is 10.1 Å². The fourth-order valence-corrected chi connectivity index (χ4v) is 2.31. The predicted octanol–water partition coefficient (Wildman–Crippen LogP) is 3.08. The van der Waals surface area contributed by atoms with E-state index in [2.05, 4.69) is 25.5 Å². The summed E-state index contributed by atoms with van der Waals surface area (Å²) in [6.45, 7) is 1.86. The van der Waals surface area contributed by atoms with Gasteiger partial charge in [0.25, 0.3) is 5.69 Å². The zero-order chi connectivity index (χ0) is 17.3. The number of aromatic nitrogens is 5. The van der Waals surface area contributed by atoms with E-state index in [1.807, 2.05) is 6.92 Å². The van der Waals surface area contributed by atoms with Crippen molar-refractivity contribution >= 4 is 35.7 Å². The second-order valence-electron chi connectivity index (χ2n) is 4.81. The Hall–Kier alpha value is -2.85. The zero-order valence-corrected chi connectivity index (χ0v) is 13.8. The van der Waals surface area contributed by atoms with Crippen LogP contribution in [0.3, 0.4) is 0 Å². The minimum atomic E-state index is -0.505. The normalized spacial score (nSPS) is 11.2. The van der Waals surface area contributed by atoms with E-state index in [0.717, 1.165) is 5.69 Å². The Kier molecular flexibility index (Phi) is 4.23. The molecule has 24 heavy (non-hydrogen) atoms. The number of nitrogens with zero attached hydrogens (tertiary/aromatic N) is 5. The third-order valence-electron chi connectivity index (χ3n) is 3.09. The molecular weight excluding hydrogens is 354 g/mol. The van der Waals surface area contributed by atoms with Crippen LogP contribution in [0.1, 0.15) is 11.3 Å². The van der Waals surface area contributed by atoms with Crippen molar-refractivity contribution in [1.29, 1.82) is 0 Å². The molecule has 0 spiro atoms. The molecule has 1 aromatic carbocycles. The summed E-state index contributed by atoms with van der Waals surface area (Å²) in [5.41, 5.74) is 1.72. The second-order valence-corrected chi connectivity index (χ2v) is 5.60. The molecule has 3 rings (SSSR count). The molecular formula is C13H10ClN7O2S. The molecule has 11 heteroatoms. The summed E-state index contributed by atoms with van der Waals surface area (Å²) in [6.07, 6.45) is 1.38. The van der Waals surface area contributed by atoms with Gasteiger partial charge in [0.1, 0.15) is 5.69 Å². The third-order valence-corrected chi connectivity index (χ3v) is 3.70. The van der Waals surface area contributed by atoms with Gasteiger partial charge in [0, 0.05) is 28.4 Å². The molecule has 0 aliphatic carbocycles. The smallest absolute Gasteiger partial charge is 0.270 e. The summed E-state index contributed by atoms with van der Waals surface area (Å²) in [4.78, 5) is 10.4. The SMILES string of the molecule is Cc1cc(-c2n[nH]c(=S)n2/N=C/c2cc([N+](=O)[O-])ccc2Cl)n[nH]1. The number of nitro benzene ring substituents is 1. The molecule has 0 aliphatic heterocycles. The molecule has 0 fully saturated rings. The molecule has 0 bridgehead atoms. The number of nitro groups is 1. The van der Waals surface area contributed by atoms with Crippen LogP contribution in [0.5, 0.6) is 0 Å². The van der Waals surface area contributed by atoms with Gasteiger partial charge in [0.2, 0.25) is 10.6 Å². The Labute approximate surface area is 145 Å². The van der Waals surface area contributed by atoms with Crippen molar-refractivity contribution in [2.45, 2.75) is 6.92 Å². The number of non-ortho nitro benzene ring substituents is 1. The summed E-state index contributed by atoms with van der Waals surface area (Å²) in [7, 11) is 0. The summed E-state index contributed by atoms with van der Waals surface area (Å²) in [5, 5.41) is 29.0. The molecule has 9 nitrogen and oxygen atoms in total. The Balaban J connectivity index is 2.02. The van der Waals surface area contributed by atoms with Crippen LogP contribution in [0.25, 0.3) is 11.5 Å². The molecule has 122 valence electrons. The number of hydrogen-bond donors (Lipinski definition) is 2. The second kappa shape index (κ2) is 6.34. The lowest BCUT2D eigenvalue weighted by Gasteiger charge is -1.99. The van der Waals surface area contributed by atoms with Crippen molar-refractivity contribution in [2.75, 3.05) is 0 Å². The minimum absolute atomic E-state index is 0.0835. The fraction of sp³-hybridized carbons (Fsp3) is 0.0769. The van der Waals surface area contributed by atoms with E-state index >= 15 is 0 Å². The third kappa shape index (κ3) is 3.09. The zero-order valence-electron chi connectivity index (χ0n) is 12.2. The first-order valence-corrected chi connectivity index (χ1v) is 7.42. The molecule has 0 amide bonds. The van der Waals surface area contributed by atoms with E-state index in [0.29, 0.717) is 22.1 Å². The standard InChI is InChI=1S/C13H10ClN7O2S/c1-7-4-11(17-16-7)12-18-19-13(24)20(12)15-6-8-5-9(21(22)23)2-3-10(8)14/h2-6H,1H3,(H,16,17)(H,19,24)/b15-6+. The van der Waals surface area contributed by atoms with Gasteiger partial charge in [0.05, 0.1) is 11.1 Å². The molecule has 3 aromatic rings. The monoisotopic (exact) mass is 363 g/mol. The van der Waals surface area contributed by atoms with Gasteiger partial charge in [0.15, 0.2) is 0 Å². The van der Waals surface area contributed by atoms with Gasteiger partial charge < -0.3 is 0 Å². The number of hydrogen-bond acceptors (Lipinski definition) is 6. The quantitative estimate of drug-likeness (QED) is 0.319. The highest BCUT2D eigenvalue weighted by molar-refractivity contribution is 7.71. The fourth-order valence-electron chi connectivity index (χ4n) is 1.96. The van der Waals surface area contributed by atoms with E-state index in [4.69, 9.17) is 23.8 Å². The van der Waals surface area contributed by atoms with Crippen molar-refractivity contribution in [1.82, 2.24) is 25.1 Å². The van der Waals surface area contributed by atoms with Crippen LogP contribution >= 0.6 is 23.8 Å². The van der Waals surface area contributed by atoms with Gasteiger partial charge in [-0.15, -0.1) is 0 Å². The Bertz CT molecular complexity index is 1000. The van der Waals surface area contributed by atoms with Crippen LogP contribution in [0, 0.1) is 21.8 Å². The van der Waals surface area contributed by atoms with E-state index in [1.165, 1.54) is 29.1 Å². The number of rotatable bonds is 4. The molecule has 2 N–H and O–H groups in total. The number of H-pyrrole nitrogens is 2. The number of aromatic amines is 2. The lowest BCUT2D eigenvalue weighted by Crippen LogP contribution is -1.96. The Morgan fingerprint density at radius 3 is 2.83 bits per heavy atom. The van der Waals surface area contributed by atoms with Gasteiger partial charge in [-0.05, 0) is 31.3 Å². The Morgan fingerprint density at radius 2 is 2.17 bits per heavy atom. The molecule has 2 heterocycles. The average Bonchev–Trinajstić information content (AvgIpc) is 3.12. The van der Waals surface area contributed by atoms with Crippen molar-refractivity contribution in [2.24, 2.45) is 5.10 Å². The molecule has 0 unspecified atom stereocenters. The molecule has 0 saturated heterocycles. The van der Waals surface area contributed by atoms with Gasteiger partial charge in [-0.25, -0.2) is 5.10 Å². The minimum Gasteiger partial charge on any atom is -0.282 e. The first-order chi connectivity index (χ1) is 11.5. The largest absolute Gasteiger partial charge is 0.282 e. The number of nitrogens with one attached hydrogen (secondary N) is 2. The molecule has 0 saturated carbocycles. The van der Waals surface area contributed by atoms with E-state index < -0.39 is 4.92 Å². The van der Waals surface area contributed by atoms with Crippen molar-refractivity contribution in [3.8, 4) is 11.5 Å². The highest BCUT2D eigenvalue weighted by Gasteiger charge is 2.12. The van der Waals surface area contributed by atoms with Gasteiger partial charge in [-0.2, -0.15) is 20.0 Å². The highest BCUT2D eigenvalue weighted by atomic mass is 35.5. The van der Waals surface area contributed by atoms with Gasteiger partial charge in [-0.3, -0.25) is 15.2 Å². The van der Waals surface area contributed by atoms with Crippen LogP contribution in [0.4, 0.5) is 5.69 Å². The van der Waals surface area contributed by atoms with Crippen LogP contribution in [-0.2, 0) is 0 Å². The lowest BCUT2D eigenvalue weighted by molar-refractivity contribution is -0.384. The highest BCUT2D eigenvalue weighted by Crippen LogP contribution is 2.21. The topological polar surface area (TPSA) is 118 Å². The average molecular weight is 364 g/mol. The van der Waals surface area contributed by atoms with Crippen LogP contribution in [0.2, 0.25) is 5.02 Å². The van der Waals surface area contributed by atoms with Gasteiger partial charge in [-0.1, -0.05) is 11.6 Å². The van der Waals surface area contributed by atoms with Crippen LogP contribution < -0.4 is 0 Å². The van der Waals surface area contributed by atoms with Crippen molar-refractivity contribution in [3.63, 3.8) is 0 Å². The molecule has 0 aliphatic rings. The maximum atomic E-state index is 10.9. The van der Waals surface area contributed by atoms with E-state index in [1.54, 1.807) is 6.07 Å². The van der Waals surface area contributed by atoms with E-state index in [-0.39, 0.29) is 10.5 Å².